The van der Waals surface area contributed by atoms with Gasteiger partial charge < -0.3 is 14.6 Å². The Morgan fingerprint density at radius 3 is 2.86 bits per heavy atom. The summed E-state index contributed by atoms with van der Waals surface area (Å²) in [6, 6.07) is 14.6. The van der Waals surface area contributed by atoms with Gasteiger partial charge in [0.05, 0.1) is 18.8 Å². The predicted octanol–water partition coefficient (Wildman–Crippen LogP) is 2.76. The lowest BCUT2D eigenvalue weighted by Crippen LogP contribution is -2.31. The maximum atomic E-state index is 12.9. The zero-order valence-electron chi connectivity index (χ0n) is 15.6. The SMILES string of the molecule is COc1cccc(CNC(=O)[C@H](C)n2c3ccccc3c3cn[nH]c(=O)c32)c1. The quantitative estimate of drug-likeness (QED) is 0.561. The molecule has 0 aliphatic heterocycles. The van der Waals surface area contributed by atoms with Crippen molar-refractivity contribution in [1.82, 2.24) is 20.1 Å². The average Bonchev–Trinajstić information content (AvgIpc) is 3.07. The average molecular weight is 376 g/mol. The molecule has 2 aromatic carbocycles. The van der Waals surface area contributed by atoms with Crippen LogP contribution in [-0.2, 0) is 11.3 Å². The molecule has 4 aromatic rings. The Bertz CT molecular complexity index is 1230. The number of fused-ring (bicyclic) bond motifs is 3. The van der Waals surface area contributed by atoms with Gasteiger partial charge >= 0.3 is 0 Å². The van der Waals surface area contributed by atoms with Gasteiger partial charge in [-0.1, -0.05) is 30.3 Å². The number of H-pyrrole nitrogens is 1. The van der Waals surface area contributed by atoms with Gasteiger partial charge in [0, 0.05) is 17.3 Å². The highest BCUT2D eigenvalue weighted by Gasteiger charge is 2.22. The Balaban J connectivity index is 1.68. The van der Waals surface area contributed by atoms with E-state index >= 15 is 0 Å². The Morgan fingerprint density at radius 2 is 2.04 bits per heavy atom. The molecule has 2 aromatic heterocycles. The fourth-order valence-electron chi connectivity index (χ4n) is 3.50. The van der Waals surface area contributed by atoms with Crippen LogP contribution in [0.5, 0.6) is 5.75 Å². The number of aromatic amines is 1. The number of nitrogens with one attached hydrogen (secondary N) is 2. The molecule has 0 aliphatic carbocycles. The summed E-state index contributed by atoms with van der Waals surface area (Å²) in [5.74, 6) is 0.558. The first-order valence-electron chi connectivity index (χ1n) is 8.97. The van der Waals surface area contributed by atoms with Gasteiger partial charge in [0.1, 0.15) is 17.3 Å². The second-order valence-corrected chi connectivity index (χ2v) is 6.59. The molecule has 7 nitrogen and oxygen atoms in total. The number of nitrogens with zero attached hydrogens (tertiary/aromatic N) is 2. The molecular formula is C21H20N4O3. The fraction of sp³-hybridized carbons (Fsp3) is 0.190. The van der Waals surface area contributed by atoms with Crippen LogP contribution >= 0.6 is 0 Å². The van der Waals surface area contributed by atoms with Gasteiger partial charge in [0.15, 0.2) is 0 Å². The first-order chi connectivity index (χ1) is 13.6. The molecule has 0 aliphatic rings. The summed E-state index contributed by atoms with van der Waals surface area (Å²) >= 11 is 0. The summed E-state index contributed by atoms with van der Waals surface area (Å²) in [6.45, 7) is 2.15. The fourth-order valence-corrected chi connectivity index (χ4v) is 3.50. The number of carbonyl (C=O) groups is 1. The summed E-state index contributed by atoms with van der Waals surface area (Å²) in [6.07, 6.45) is 1.62. The summed E-state index contributed by atoms with van der Waals surface area (Å²) in [5, 5.41) is 10.9. The van der Waals surface area contributed by atoms with Crippen LogP contribution in [0.2, 0.25) is 0 Å². The van der Waals surface area contributed by atoms with Crippen molar-refractivity contribution in [3.8, 4) is 5.75 Å². The first-order valence-corrected chi connectivity index (χ1v) is 8.97. The van der Waals surface area contributed by atoms with Crippen molar-refractivity contribution in [1.29, 1.82) is 0 Å². The lowest BCUT2D eigenvalue weighted by molar-refractivity contribution is -0.123. The molecule has 2 N–H and O–H groups in total. The number of hydrogen-bond donors (Lipinski definition) is 2. The van der Waals surface area contributed by atoms with Crippen LogP contribution in [0.4, 0.5) is 0 Å². The van der Waals surface area contributed by atoms with Crippen molar-refractivity contribution in [2.24, 2.45) is 0 Å². The molecule has 0 bridgehead atoms. The minimum absolute atomic E-state index is 0.179. The Morgan fingerprint density at radius 1 is 1.21 bits per heavy atom. The van der Waals surface area contributed by atoms with Gasteiger partial charge in [-0.3, -0.25) is 9.59 Å². The number of rotatable bonds is 5. The van der Waals surface area contributed by atoms with E-state index in [1.807, 2.05) is 48.5 Å². The highest BCUT2D eigenvalue weighted by atomic mass is 16.5. The summed E-state index contributed by atoms with van der Waals surface area (Å²) < 4.78 is 6.99. The highest BCUT2D eigenvalue weighted by Crippen LogP contribution is 2.29. The van der Waals surface area contributed by atoms with E-state index in [0.29, 0.717) is 12.1 Å². The van der Waals surface area contributed by atoms with Crippen LogP contribution in [0.25, 0.3) is 21.8 Å². The number of hydrogen-bond acceptors (Lipinski definition) is 4. The number of ether oxygens (including phenoxy) is 1. The van der Waals surface area contributed by atoms with Crippen molar-refractivity contribution in [3.05, 3.63) is 70.6 Å². The monoisotopic (exact) mass is 376 g/mol. The second kappa shape index (κ2) is 7.19. The molecule has 142 valence electrons. The molecule has 2 heterocycles. The van der Waals surface area contributed by atoms with Crippen LogP contribution in [0.3, 0.4) is 0 Å². The zero-order chi connectivity index (χ0) is 19.7. The molecule has 0 fully saturated rings. The van der Waals surface area contributed by atoms with Crippen LogP contribution in [0, 0.1) is 0 Å². The molecule has 0 radical (unpaired) electrons. The Hall–Kier alpha value is -3.61. The van der Waals surface area contributed by atoms with Gasteiger partial charge in [-0.25, -0.2) is 5.10 Å². The number of aromatic nitrogens is 3. The highest BCUT2D eigenvalue weighted by molar-refractivity contribution is 6.08. The maximum Gasteiger partial charge on any atom is 0.288 e. The van der Waals surface area contributed by atoms with Gasteiger partial charge in [-0.15, -0.1) is 0 Å². The third-order valence-corrected chi connectivity index (χ3v) is 4.89. The lowest BCUT2D eigenvalue weighted by atomic mass is 10.2. The van der Waals surface area contributed by atoms with Gasteiger partial charge in [0.2, 0.25) is 5.91 Å². The van der Waals surface area contributed by atoms with Gasteiger partial charge in [-0.2, -0.15) is 5.10 Å². The van der Waals surface area contributed by atoms with Crippen LogP contribution in [0.15, 0.2) is 59.5 Å². The van der Waals surface area contributed by atoms with Crippen molar-refractivity contribution < 1.29 is 9.53 Å². The molecule has 0 saturated carbocycles. The Labute approximate surface area is 160 Å². The molecular weight excluding hydrogens is 356 g/mol. The molecule has 0 spiro atoms. The zero-order valence-corrected chi connectivity index (χ0v) is 15.6. The molecule has 4 rings (SSSR count). The summed E-state index contributed by atoms with van der Waals surface area (Å²) in [5.41, 5.74) is 1.88. The minimum atomic E-state index is -0.573. The van der Waals surface area contributed by atoms with Crippen LogP contribution in [-0.4, -0.2) is 27.8 Å². The van der Waals surface area contributed by atoms with Crippen molar-refractivity contribution in [3.63, 3.8) is 0 Å². The van der Waals surface area contributed by atoms with E-state index in [2.05, 4.69) is 15.5 Å². The van der Waals surface area contributed by atoms with Gasteiger partial charge in [-0.05, 0) is 30.7 Å². The molecule has 0 unspecified atom stereocenters. The number of benzene rings is 2. The topological polar surface area (TPSA) is 89.0 Å². The number of para-hydroxylation sites is 1. The van der Waals surface area contributed by atoms with E-state index in [4.69, 9.17) is 4.74 Å². The first kappa shape index (κ1) is 17.8. The molecule has 28 heavy (non-hydrogen) atoms. The predicted molar refractivity (Wildman–Crippen MR) is 107 cm³/mol. The van der Waals surface area contributed by atoms with Crippen LogP contribution in [0.1, 0.15) is 18.5 Å². The molecule has 0 saturated heterocycles. The van der Waals surface area contributed by atoms with Crippen molar-refractivity contribution in [2.45, 2.75) is 19.5 Å². The second-order valence-electron chi connectivity index (χ2n) is 6.59. The number of amides is 1. The largest absolute Gasteiger partial charge is 0.497 e. The van der Waals surface area contributed by atoms with E-state index in [9.17, 15) is 9.59 Å². The summed E-state index contributed by atoms with van der Waals surface area (Å²) in [7, 11) is 1.61. The van der Waals surface area contributed by atoms with E-state index in [0.717, 1.165) is 27.6 Å². The third-order valence-electron chi connectivity index (χ3n) is 4.89. The third kappa shape index (κ3) is 3.00. The van der Waals surface area contributed by atoms with E-state index in [1.165, 1.54) is 0 Å². The maximum absolute atomic E-state index is 12.9. The smallest absolute Gasteiger partial charge is 0.288 e. The number of carbonyl (C=O) groups excluding carboxylic acids is 1. The molecule has 1 atom stereocenters. The van der Waals surface area contributed by atoms with Crippen molar-refractivity contribution >= 4 is 27.7 Å². The molecule has 1 amide bonds. The lowest BCUT2D eigenvalue weighted by Gasteiger charge is -2.16. The van der Waals surface area contributed by atoms with Gasteiger partial charge in [0.25, 0.3) is 5.56 Å². The van der Waals surface area contributed by atoms with E-state index in [1.54, 1.807) is 24.8 Å². The minimum Gasteiger partial charge on any atom is -0.497 e. The Kier molecular flexibility index (Phi) is 4.57. The normalized spacial score (nSPS) is 12.2. The number of methoxy groups -OCH3 is 1. The van der Waals surface area contributed by atoms with Crippen molar-refractivity contribution in [2.75, 3.05) is 7.11 Å². The van der Waals surface area contributed by atoms with Crippen LogP contribution < -0.4 is 15.6 Å². The van der Waals surface area contributed by atoms with E-state index < -0.39 is 6.04 Å². The summed E-state index contributed by atoms with van der Waals surface area (Å²) in [4.78, 5) is 25.3. The molecule has 7 heteroatoms. The standard InChI is InChI=1S/C21H20N4O3/c1-13(20(26)22-11-14-6-5-7-15(10-14)28-2)25-18-9-4-3-8-16(18)17-12-23-24-21(27)19(17)25/h3-10,12-13H,11H2,1-2H3,(H,22,26)(H,24,27)/t13-/m0/s1. The van der Waals surface area contributed by atoms with E-state index in [-0.39, 0.29) is 11.5 Å².